The molecule has 0 amide bonds. The minimum absolute atomic E-state index is 0.0140. The lowest BCUT2D eigenvalue weighted by Crippen LogP contribution is -2.46. The van der Waals surface area contributed by atoms with Gasteiger partial charge in [0.05, 0.1) is 21.3 Å². The number of thiazole rings is 1. The first-order chi connectivity index (χ1) is 20.1. The first kappa shape index (κ1) is 26.9. The number of aromatic nitrogens is 2. The van der Waals surface area contributed by atoms with Crippen LogP contribution in [-0.4, -0.2) is 45.4 Å². The summed E-state index contributed by atoms with van der Waals surface area (Å²) in [6, 6.07) is 8.44. The highest BCUT2D eigenvalue weighted by Crippen LogP contribution is 2.47. The summed E-state index contributed by atoms with van der Waals surface area (Å²) in [6.07, 6.45) is -0.628. The molecule has 0 radical (unpaired) electrons. The van der Waals surface area contributed by atoms with Crippen LogP contribution in [0.2, 0.25) is 0 Å². The van der Waals surface area contributed by atoms with Crippen molar-refractivity contribution in [2.24, 2.45) is 0 Å². The van der Waals surface area contributed by atoms with Gasteiger partial charge in [-0.25, -0.2) is 14.6 Å². The number of anilines is 1. The molecule has 42 heavy (non-hydrogen) atoms. The quantitative estimate of drug-likeness (QED) is 0.233. The standard InChI is InChI=1S/C30H26F3N3O5S/c1-14-10-16(27(37)38)11-22-24(14)34-29(42-22)36-17-8-9-18(36)13-19(12-17)40-28(39)23-25(35-41-26(23)15-6-7-15)20-4-2-3-5-21(20)30(31,32)33/h2-5,10-11,15,17-19H,6-9,12-13H2,1H3,(H,37,38)/t17-,18+,19+. The zero-order valence-electron chi connectivity index (χ0n) is 22.5. The van der Waals surface area contributed by atoms with Crippen molar-refractivity contribution in [1.82, 2.24) is 10.1 Å². The Morgan fingerprint density at radius 2 is 1.81 bits per heavy atom. The van der Waals surface area contributed by atoms with Crippen LogP contribution in [0, 0.1) is 6.92 Å². The van der Waals surface area contributed by atoms with E-state index < -0.39 is 29.8 Å². The summed E-state index contributed by atoms with van der Waals surface area (Å²) in [5.74, 6) is -1.47. The number of carboxylic acid groups (broad SMARTS) is 1. The number of carboxylic acids is 1. The number of hydrogen-bond acceptors (Lipinski definition) is 8. The summed E-state index contributed by atoms with van der Waals surface area (Å²) in [6.45, 7) is 1.85. The minimum Gasteiger partial charge on any atom is -0.478 e. The van der Waals surface area contributed by atoms with E-state index in [1.165, 1.54) is 29.5 Å². The third-order valence-corrected chi connectivity index (χ3v) is 9.48. The molecule has 2 saturated heterocycles. The van der Waals surface area contributed by atoms with Crippen LogP contribution < -0.4 is 4.90 Å². The highest BCUT2D eigenvalue weighted by molar-refractivity contribution is 7.22. The Labute approximate surface area is 242 Å². The number of alkyl halides is 3. The van der Waals surface area contributed by atoms with E-state index >= 15 is 0 Å². The average molecular weight is 598 g/mol. The summed E-state index contributed by atoms with van der Waals surface area (Å²) >= 11 is 1.46. The van der Waals surface area contributed by atoms with Crippen LogP contribution >= 0.6 is 11.3 Å². The summed E-state index contributed by atoms with van der Waals surface area (Å²) in [4.78, 5) is 32.3. The predicted molar refractivity (Wildman–Crippen MR) is 148 cm³/mol. The van der Waals surface area contributed by atoms with Crippen molar-refractivity contribution in [2.75, 3.05) is 4.90 Å². The van der Waals surface area contributed by atoms with Crippen LogP contribution in [0.5, 0.6) is 0 Å². The Morgan fingerprint density at radius 3 is 2.48 bits per heavy atom. The van der Waals surface area contributed by atoms with Gasteiger partial charge in [0, 0.05) is 36.4 Å². The van der Waals surface area contributed by atoms with E-state index in [4.69, 9.17) is 14.2 Å². The van der Waals surface area contributed by atoms with E-state index in [0.717, 1.165) is 52.7 Å². The van der Waals surface area contributed by atoms with Gasteiger partial charge in [0.2, 0.25) is 0 Å². The lowest BCUT2D eigenvalue weighted by molar-refractivity contribution is -0.137. The Morgan fingerprint density at radius 1 is 1.10 bits per heavy atom. The third kappa shape index (κ3) is 4.61. The number of esters is 1. The van der Waals surface area contributed by atoms with Crippen LogP contribution in [0.3, 0.4) is 0 Å². The lowest BCUT2D eigenvalue weighted by atomic mass is 9.98. The number of aromatic carboxylic acids is 1. The monoisotopic (exact) mass is 597 g/mol. The average Bonchev–Trinajstić information content (AvgIpc) is 3.43. The fourth-order valence-corrected chi connectivity index (χ4v) is 7.64. The highest BCUT2D eigenvalue weighted by Gasteiger charge is 2.45. The number of piperidine rings is 1. The molecule has 7 rings (SSSR count). The zero-order valence-corrected chi connectivity index (χ0v) is 23.3. The molecular formula is C30H26F3N3O5S. The number of fused-ring (bicyclic) bond motifs is 3. The molecule has 1 aliphatic carbocycles. The molecule has 4 aromatic rings. The first-order valence-corrected chi connectivity index (χ1v) is 14.7. The molecule has 0 unspecified atom stereocenters. The number of carbonyl (C=O) groups excluding carboxylic acids is 1. The molecular weight excluding hydrogens is 571 g/mol. The smallest absolute Gasteiger partial charge is 0.417 e. The van der Waals surface area contributed by atoms with Crippen LogP contribution in [0.15, 0.2) is 40.9 Å². The molecule has 8 nitrogen and oxygen atoms in total. The second-order valence-electron chi connectivity index (χ2n) is 11.3. The molecule has 2 aliphatic heterocycles. The van der Waals surface area contributed by atoms with Gasteiger partial charge in [0.15, 0.2) is 10.9 Å². The number of nitrogens with zero attached hydrogens (tertiary/aromatic N) is 3. The second kappa shape index (κ2) is 9.82. The van der Waals surface area contributed by atoms with Gasteiger partial charge in [0.1, 0.15) is 17.4 Å². The van der Waals surface area contributed by atoms with Gasteiger partial charge in [-0.2, -0.15) is 13.2 Å². The van der Waals surface area contributed by atoms with E-state index in [9.17, 15) is 27.9 Å². The number of rotatable bonds is 6. The maximum absolute atomic E-state index is 13.8. The highest BCUT2D eigenvalue weighted by atomic mass is 32.1. The predicted octanol–water partition coefficient (Wildman–Crippen LogP) is 7.21. The summed E-state index contributed by atoms with van der Waals surface area (Å²) in [5, 5.41) is 14.2. The van der Waals surface area contributed by atoms with E-state index in [0.29, 0.717) is 12.8 Å². The minimum atomic E-state index is -4.63. The molecule has 2 bridgehead atoms. The van der Waals surface area contributed by atoms with Crippen molar-refractivity contribution in [3.8, 4) is 11.3 Å². The molecule has 4 heterocycles. The molecule has 2 aromatic carbocycles. The zero-order chi connectivity index (χ0) is 29.3. The molecule has 1 N–H and O–H groups in total. The molecule has 2 aromatic heterocycles. The summed E-state index contributed by atoms with van der Waals surface area (Å²) in [5.41, 5.74) is 0.551. The van der Waals surface area contributed by atoms with Crippen molar-refractivity contribution in [3.63, 3.8) is 0 Å². The van der Waals surface area contributed by atoms with Crippen LogP contribution in [0.25, 0.3) is 21.5 Å². The van der Waals surface area contributed by atoms with Crippen molar-refractivity contribution < 1.29 is 37.1 Å². The number of ether oxygens (including phenoxy) is 1. The first-order valence-electron chi connectivity index (χ1n) is 13.9. The van der Waals surface area contributed by atoms with Gasteiger partial charge in [-0.3, -0.25) is 0 Å². The SMILES string of the molecule is Cc1cc(C(=O)O)cc2sc(N3[C@@H]4CC[C@H]3C[C@@H](OC(=O)c3c(-c5ccccc5C(F)(F)F)noc3C3CC3)C4)nc12. The maximum atomic E-state index is 13.8. The summed E-state index contributed by atoms with van der Waals surface area (Å²) < 4.78 is 53.7. The van der Waals surface area contributed by atoms with Gasteiger partial charge in [-0.15, -0.1) is 0 Å². The van der Waals surface area contributed by atoms with E-state index in [1.807, 2.05) is 6.92 Å². The molecule has 3 fully saturated rings. The number of halogens is 3. The van der Waals surface area contributed by atoms with Gasteiger partial charge < -0.3 is 19.3 Å². The van der Waals surface area contributed by atoms with Gasteiger partial charge in [0.25, 0.3) is 0 Å². The molecule has 1 saturated carbocycles. The Kier molecular flexibility index (Phi) is 6.30. The van der Waals surface area contributed by atoms with Gasteiger partial charge >= 0.3 is 18.1 Å². The molecule has 218 valence electrons. The van der Waals surface area contributed by atoms with Crippen molar-refractivity contribution in [3.05, 3.63) is 64.4 Å². The van der Waals surface area contributed by atoms with Gasteiger partial charge in [-0.1, -0.05) is 34.7 Å². The van der Waals surface area contributed by atoms with E-state index in [-0.39, 0.29) is 46.1 Å². The second-order valence-corrected chi connectivity index (χ2v) is 12.3. The lowest BCUT2D eigenvalue weighted by Gasteiger charge is -2.38. The van der Waals surface area contributed by atoms with Crippen LogP contribution in [0.1, 0.15) is 82.0 Å². The summed E-state index contributed by atoms with van der Waals surface area (Å²) in [7, 11) is 0. The van der Waals surface area contributed by atoms with E-state index in [2.05, 4.69) is 10.1 Å². The van der Waals surface area contributed by atoms with Crippen molar-refractivity contribution >= 4 is 38.6 Å². The Bertz CT molecular complexity index is 1710. The molecule has 12 heteroatoms. The van der Waals surface area contributed by atoms with Crippen LogP contribution in [-0.2, 0) is 10.9 Å². The third-order valence-electron chi connectivity index (χ3n) is 8.46. The Hall–Kier alpha value is -3.93. The maximum Gasteiger partial charge on any atom is 0.417 e. The van der Waals surface area contributed by atoms with E-state index in [1.54, 1.807) is 12.1 Å². The topological polar surface area (TPSA) is 106 Å². The van der Waals surface area contributed by atoms with Crippen LogP contribution in [0.4, 0.5) is 18.3 Å². The van der Waals surface area contributed by atoms with Gasteiger partial charge in [-0.05, 0) is 56.4 Å². The number of benzene rings is 2. The fraction of sp³-hybridized carbons (Fsp3) is 0.400. The number of hydrogen-bond donors (Lipinski definition) is 1. The molecule has 3 atom stereocenters. The molecule has 3 aliphatic rings. The van der Waals surface area contributed by atoms with Crippen molar-refractivity contribution in [2.45, 2.75) is 75.7 Å². The Balaban J connectivity index is 1.14. The number of carbonyl (C=O) groups is 2. The molecule has 0 spiro atoms. The normalized spacial score (nSPS) is 22.1. The van der Waals surface area contributed by atoms with Crippen molar-refractivity contribution in [1.29, 1.82) is 0 Å². The fourth-order valence-electron chi connectivity index (χ4n) is 6.41. The number of aryl methyl sites for hydroxylation is 1. The largest absolute Gasteiger partial charge is 0.478 e.